The van der Waals surface area contributed by atoms with Crippen LogP contribution in [-0.4, -0.2) is 17.1 Å². The summed E-state index contributed by atoms with van der Waals surface area (Å²) in [4.78, 5) is 3.81. The molecule has 0 saturated carbocycles. The smallest absolute Gasteiger partial charge is 0.539 e. The lowest BCUT2D eigenvalue weighted by Gasteiger charge is -2.02. The Morgan fingerprint density at radius 1 is 1.73 bits per heavy atom. The second-order valence-corrected chi connectivity index (χ2v) is 1.94. The molecule has 56 valence electrons. The van der Waals surface area contributed by atoms with Crippen LogP contribution >= 0.6 is 0 Å². The van der Waals surface area contributed by atoms with Gasteiger partial charge in [-0.15, -0.1) is 0 Å². The molecule has 0 aromatic carbocycles. The van der Waals surface area contributed by atoms with Crippen molar-refractivity contribution >= 4 is 12.6 Å². The number of aromatic nitrogens is 1. The van der Waals surface area contributed by atoms with Crippen LogP contribution in [0.25, 0.3) is 0 Å². The Balaban J connectivity index is 2.68. The molecule has 1 rings (SSSR count). The van der Waals surface area contributed by atoms with Crippen molar-refractivity contribution in [2.45, 2.75) is 0 Å². The summed E-state index contributed by atoms with van der Waals surface area (Å²) in [6.45, 7) is 3.32. The maximum Gasteiger partial charge on any atom is 0.561 e. The molecule has 1 heterocycles. The van der Waals surface area contributed by atoms with E-state index in [-0.39, 0.29) is 0 Å². The third kappa shape index (κ3) is 2.09. The highest BCUT2D eigenvalue weighted by molar-refractivity contribution is 6.60. The Bertz CT molecular complexity index is 227. The first kappa shape index (κ1) is 7.82. The summed E-state index contributed by atoms with van der Waals surface area (Å²) < 4.78 is 4.71. The minimum absolute atomic E-state index is 0.618. The van der Waals surface area contributed by atoms with Crippen molar-refractivity contribution in [3.63, 3.8) is 0 Å². The Labute approximate surface area is 65.5 Å². The average Bonchev–Trinajstić information content (AvgIpc) is 2.07. The monoisotopic (exact) mass is 149 g/mol. The van der Waals surface area contributed by atoms with Gasteiger partial charge in [-0.05, 0) is 6.07 Å². The first-order chi connectivity index (χ1) is 5.34. The molecule has 1 aromatic rings. The quantitative estimate of drug-likeness (QED) is 0.483. The molecule has 0 aliphatic heterocycles. The number of rotatable bonds is 3. The molecule has 1 N–H and O–H groups in total. The summed E-state index contributed by atoms with van der Waals surface area (Å²) in [5.41, 5.74) is 0.618. The van der Waals surface area contributed by atoms with E-state index < -0.39 is 7.12 Å². The van der Waals surface area contributed by atoms with Crippen molar-refractivity contribution < 1.29 is 9.68 Å². The predicted octanol–water partition coefficient (Wildman–Crippen LogP) is -0.0708. The van der Waals surface area contributed by atoms with Gasteiger partial charge in [-0.25, -0.2) is 0 Å². The third-order valence-electron chi connectivity index (χ3n) is 1.19. The molecule has 4 heteroatoms. The van der Waals surface area contributed by atoms with Crippen LogP contribution in [0.4, 0.5) is 0 Å². The van der Waals surface area contributed by atoms with Crippen LogP contribution in [0.5, 0.6) is 0 Å². The van der Waals surface area contributed by atoms with Crippen LogP contribution in [-0.2, 0) is 4.65 Å². The minimum atomic E-state index is -0.957. The zero-order chi connectivity index (χ0) is 8.10. The zero-order valence-electron chi connectivity index (χ0n) is 5.97. The lowest BCUT2D eigenvalue weighted by Crippen LogP contribution is -2.31. The van der Waals surface area contributed by atoms with Gasteiger partial charge in [0.15, 0.2) is 0 Å². The molecule has 0 aliphatic carbocycles. The molecule has 0 aliphatic rings. The van der Waals surface area contributed by atoms with Crippen LogP contribution in [0, 0.1) is 0 Å². The van der Waals surface area contributed by atoms with Gasteiger partial charge in [0.05, 0.1) is 6.26 Å². The highest BCUT2D eigenvalue weighted by atomic mass is 16.5. The molecule has 0 unspecified atom stereocenters. The van der Waals surface area contributed by atoms with Crippen molar-refractivity contribution in [2.75, 3.05) is 0 Å². The SMILES string of the molecule is C=COB(O)c1cccnc1. The molecule has 1 aromatic heterocycles. The average molecular weight is 149 g/mol. The van der Waals surface area contributed by atoms with Gasteiger partial charge in [-0.2, -0.15) is 0 Å². The molecule has 0 amide bonds. The van der Waals surface area contributed by atoms with Gasteiger partial charge in [0.25, 0.3) is 0 Å². The van der Waals surface area contributed by atoms with Crippen LogP contribution in [0.2, 0.25) is 0 Å². The number of nitrogens with zero attached hydrogens (tertiary/aromatic N) is 1. The van der Waals surface area contributed by atoms with Crippen LogP contribution in [0.1, 0.15) is 0 Å². The van der Waals surface area contributed by atoms with E-state index in [1.54, 1.807) is 18.3 Å². The van der Waals surface area contributed by atoms with Crippen LogP contribution < -0.4 is 5.46 Å². The van der Waals surface area contributed by atoms with Gasteiger partial charge in [0, 0.05) is 17.9 Å². The van der Waals surface area contributed by atoms with Crippen molar-refractivity contribution in [3.8, 4) is 0 Å². The van der Waals surface area contributed by atoms with Gasteiger partial charge in [0.1, 0.15) is 0 Å². The van der Waals surface area contributed by atoms with Crippen molar-refractivity contribution in [2.24, 2.45) is 0 Å². The van der Waals surface area contributed by atoms with Gasteiger partial charge in [0.2, 0.25) is 0 Å². The molecular formula is C7H8BNO2. The second-order valence-electron chi connectivity index (χ2n) is 1.94. The van der Waals surface area contributed by atoms with Gasteiger partial charge in [-0.1, -0.05) is 12.6 Å². The Kier molecular flexibility index (Phi) is 2.69. The number of pyridine rings is 1. The van der Waals surface area contributed by atoms with E-state index in [1.165, 1.54) is 12.5 Å². The second kappa shape index (κ2) is 3.78. The summed E-state index contributed by atoms with van der Waals surface area (Å²) in [5.74, 6) is 0. The van der Waals surface area contributed by atoms with E-state index in [0.29, 0.717) is 5.46 Å². The summed E-state index contributed by atoms with van der Waals surface area (Å²) in [6, 6.07) is 3.45. The molecular weight excluding hydrogens is 141 g/mol. The first-order valence-corrected chi connectivity index (χ1v) is 3.19. The van der Waals surface area contributed by atoms with Crippen molar-refractivity contribution in [1.29, 1.82) is 0 Å². The highest BCUT2D eigenvalue weighted by Crippen LogP contribution is 1.84. The predicted molar refractivity (Wildman–Crippen MR) is 43.1 cm³/mol. The molecule has 3 nitrogen and oxygen atoms in total. The highest BCUT2D eigenvalue weighted by Gasteiger charge is 2.15. The Morgan fingerprint density at radius 3 is 3.09 bits per heavy atom. The van der Waals surface area contributed by atoms with Gasteiger partial charge >= 0.3 is 7.12 Å². The fraction of sp³-hybridized carbons (Fsp3) is 0. The molecule has 0 fully saturated rings. The third-order valence-corrected chi connectivity index (χ3v) is 1.19. The Morgan fingerprint density at radius 2 is 2.55 bits per heavy atom. The summed E-state index contributed by atoms with van der Waals surface area (Å²) in [5, 5.41) is 9.19. The molecule has 0 spiro atoms. The van der Waals surface area contributed by atoms with E-state index in [2.05, 4.69) is 11.6 Å². The summed E-state index contributed by atoms with van der Waals surface area (Å²) in [6.07, 6.45) is 4.36. The zero-order valence-corrected chi connectivity index (χ0v) is 5.97. The topological polar surface area (TPSA) is 42.4 Å². The molecule has 0 atom stereocenters. The lowest BCUT2D eigenvalue weighted by atomic mass is 9.81. The minimum Gasteiger partial charge on any atom is -0.539 e. The first-order valence-electron chi connectivity index (χ1n) is 3.19. The largest absolute Gasteiger partial charge is 0.561 e. The van der Waals surface area contributed by atoms with Crippen molar-refractivity contribution in [1.82, 2.24) is 4.98 Å². The molecule has 0 saturated heterocycles. The van der Waals surface area contributed by atoms with Gasteiger partial charge in [-0.3, -0.25) is 4.98 Å². The molecule has 0 radical (unpaired) electrons. The van der Waals surface area contributed by atoms with E-state index in [0.717, 1.165) is 0 Å². The maximum absolute atomic E-state index is 9.19. The van der Waals surface area contributed by atoms with Crippen LogP contribution in [0.3, 0.4) is 0 Å². The molecule has 11 heavy (non-hydrogen) atoms. The van der Waals surface area contributed by atoms with Gasteiger partial charge < -0.3 is 9.68 Å². The number of hydrogen-bond donors (Lipinski definition) is 1. The van der Waals surface area contributed by atoms with E-state index in [4.69, 9.17) is 4.65 Å². The Hall–Kier alpha value is -1.29. The fourth-order valence-corrected chi connectivity index (χ4v) is 0.692. The normalized spacial score (nSPS) is 8.82. The maximum atomic E-state index is 9.19. The molecule has 0 bridgehead atoms. The van der Waals surface area contributed by atoms with Crippen LogP contribution in [0.15, 0.2) is 37.4 Å². The summed E-state index contributed by atoms with van der Waals surface area (Å²) in [7, 11) is -0.957. The van der Waals surface area contributed by atoms with E-state index in [9.17, 15) is 5.02 Å². The summed E-state index contributed by atoms with van der Waals surface area (Å²) >= 11 is 0. The standard InChI is InChI=1S/C7H8BNO2/c1-2-11-8(10)7-4-3-5-9-6-7/h2-6,10H,1H2. The van der Waals surface area contributed by atoms with Crippen molar-refractivity contribution in [3.05, 3.63) is 37.4 Å². The lowest BCUT2D eigenvalue weighted by molar-refractivity contribution is 0.387. The van der Waals surface area contributed by atoms with E-state index in [1.807, 2.05) is 0 Å². The fourth-order valence-electron chi connectivity index (χ4n) is 0.692. The number of hydrogen-bond acceptors (Lipinski definition) is 3. The van der Waals surface area contributed by atoms with E-state index >= 15 is 0 Å².